The first-order chi connectivity index (χ1) is 16.1. The number of carbonyl (C=O) groups excluding carboxylic acids is 1. The maximum Gasteiger partial charge on any atom is 0.470 e. The maximum atomic E-state index is 13.4. The van der Waals surface area contributed by atoms with Crippen molar-refractivity contribution >= 4 is 21.3 Å². The number of aliphatic hydroxyl groups excluding tert-OH is 5. The number of carbonyl (C=O) groups is 1. The lowest BCUT2D eigenvalue weighted by atomic mass is 10.1. The van der Waals surface area contributed by atoms with Gasteiger partial charge in [0, 0.05) is 0 Å². The zero-order valence-corrected chi connectivity index (χ0v) is 19.1. The van der Waals surface area contributed by atoms with Crippen LogP contribution in [0.3, 0.4) is 0 Å². The number of nitrogens with zero attached hydrogens (tertiary/aromatic N) is 2. The van der Waals surface area contributed by atoms with E-state index in [4.69, 9.17) is 15.2 Å². The lowest BCUT2D eigenvalue weighted by Crippen LogP contribution is -2.64. The molecule has 1 aromatic heterocycles. The van der Waals surface area contributed by atoms with E-state index in [1.165, 1.54) is 0 Å². The summed E-state index contributed by atoms with van der Waals surface area (Å²) in [6.45, 7) is -1.02. The van der Waals surface area contributed by atoms with E-state index in [1.54, 1.807) is 0 Å². The van der Waals surface area contributed by atoms with Crippen LogP contribution in [0, 0.1) is 0 Å². The van der Waals surface area contributed by atoms with Crippen LogP contribution in [0.1, 0.15) is 10.5 Å². The summed E-state index contributed by atoms with van der Waals surface area (Å²) in [4.78, 5) is 58.3. The molecule has 1 aromatic rings. The van der Waals surface area contributed by atoms with Crippen molar-refractivity contribution in [1.82, 2.24) is 14.9 Å². The molecule has 0 radical (unpaired) electrons. The summed E-state index contributed by atoms with van der Waals surface area (Å²) in [7, 11) is -11.5. The molecule has 2 fully saturated rings. The first-order valence-corrected chi connectivity index (χ1v) is 12.7. The van der Waals surface area contributed by atoms with Gasteiger partial charge in [0.05, 0.1) is 19.1 Å². The monoisotopic (exact) mass is 550 g/mol. The molecule has 2 aliphatic rings. The van der Waals surface area contributed by atoms with Crippen LogP contribution < -0.4 is 5.73 Å². The maximum absolute atomic E-state index is 13.4. The van der Waals surface area contributed by atoms with Crippen molar-refractivity contribution in [2.45, 2.75) is 54.5 Å². The summed E-state index contributed by atoms with van der Waals surface area (Å²) < 4.78 is 39.2. The van der Waals surface area contributed by atoms with Crippen molar-refractivity contribution in [3.63, 3.8) is 0 Å². The smallest absolute Gasteiger partial charge is 0.394 e. The summed E-state index contributed by atoms with van der Waals surface area (Å²) in [5.41, 5.74) is 1.11. The number of H-pyrrole nitrogens is 1. The highest BCUT2D eigenvalue weighted by Gasteiger charge is 2.72. The predicted octanol–water partition coefficient (Wildman–Crippen LogP) is -5.36. The minimum absolute atomic E-state index is 0.0588. The number of aromatic nitrogens is 2. The highest BCUT2D eigenvalue weighted by atomic mass is 31.2. The number of imidazole rings is 1. The fourth-order valence-corrected chi connectivity index (χ4v) is 5.68. The Hall–Kier alpha value is -1.38. The van der Waals surface area contributed by atoms with E-state index in [0.29, 0.717) is 0 Å². The van der Waals surface area contributed by atoms with Gasteiger partial charge in [-0.2, -0.15) is 0 Å². The van der Waals surface area contributed by atoms with E-state index < -0.39 is 88.2 Å². The highest BCUT2D eigenvalue weighted by Crippen LogP contribution is 2.61. The molecular weight excluding hydrogens is 526 g/mol. The molecule has 3 heterocycles. The molecule has 0 aromatic carbocycles. The molecule has 19 nitrogen and oxygen atoms in total. The van der Waals surface area contributed by atoms with Gasteiger partial charge < -0.3 is 65.3 Å². The molecule has 2 aliphatic heterocycles. The van der Waals surface area contributed by atoms with Gasteiger partial charge in [-0.3, -0.25) is 18.8 Å². The molecule has 0 spiro atoms. The van der Waals surface area contributed by atoms with Gasteiger partial charge in [-0.25, -0.2) is 9.55 Å². The number of hydrogen-bond donors (Lipinski definition) is 11. The predicted molar refractivity (Wildman–Crippen MR) is 105 cm³/mol. The first kappa shape index (κ1) is 28.2. The number of aromatic amines is 1. The van der Waals surface area contributed by atoms with Gasteiger partial charge in [0.25, 0.3) is 11.4 Å². The van der Waals surface area contributed by atoms with Gasteiger partial charge in [0.1, 0.15) is 48.5 Å². The third kappa shape index (κ3) is 4.95. The van der Waals surface area contributed by atoms with Crippen LogP contribution in [0.25, 0.3) is 0 Å². The second kappa shape index (κ2) is 9.82. The topological polar surface area (TPSA) is 319 Å². The third-order valence-corrected chi connectivity index (χ3v) is 7.35. The Morgan fingerprint density at radius 3 is 2.31 bits per heavy atom. The lowest BCUT2D eigenvalue weighted by Gasteiger charge is -2.45. The molecule has 12 N–H and O–H groups in total. The van der Waals surface area contributed by atoms with Crippen LogP contribution in [0.15, 0.2) is 12.5 Å². The van der Waals surface area contributed by atoms with Crippen LogP contribution in [-0.4, -0.2) is 127 Å². The molecule has 3 rings (SSSR count). The average molecular weight is 550 g/mol. The Bertz CT molecular complexity index is 1000. The number of nitrogens with two attached hydrogens (primary N) is 1. The van der Waals surface area contributed by atoms with Gasteiger partial charge >= 0.3 is 15.4 Å². The van der Waals surface area contributed by atoms with E-state index >= 15 is 0 Å². The molecule has 21 heteroatoms. The van der Waals surface area contributed by atoms with Crippen LogP contribution >= 0.6 is 15.4 Å². The van der Waals surface area contributed by atoms with Crippen molar-refractivity contribution in [2.24, 2.45) is 5.73 Å². The summed E-state index contributed by atoms with van der Waals surface area (Å²) in [6, 6.07) is 0. The second-order valence-electron chi connectivity index (χ2n) is 7.65. The minimum Gasteiger partial charge on any atom is -0.394 e. The number of aliphatic hydroxyl groups is 5. The van der Waals surface area contributed by atoms with Gasteiger partial charge in [-0.15, -0.1) is 0 Å². The number of ether oxygens (including phenoxy) is 2. The highest BCUT2D eigenvalue weighted by molar-refractivity contribution is 7.53. The van der Waals surface area contributed by atoms with Crippen LogP contribution in [-0.2, 0) is 23.1 Å². The zero-order valence-electron chi connectivity index (χ0n) is 17.3. The zero-order chi connectivity index (χ0) is 26.5. The molecule has 0 aliphatic carbocycles. The van der Waals surface area contributed by atoms with E-state index in [2.05, 4.69) is 14.5 Å². The number of hydrogen-bond acceptors (Lipinski definition) is 13. The van der Waals surface area contributed by atoms with Crippen LogP contribution in [0.5, 0.6) is 0 Å². The molecule has 200 valence electrons. The number of phosphoric acid groups is 1. The summed E-state index contributed by atoms with van der Waals surface area (Å²) in [5, 5.41) is 50.7. The number of rotatable bonds is 8. The largest absolute Gasteiger partial charge is 0.470 e. The van der Waals surface area contributed by atoms with Crippen molar-refractivity contribution in [2.75, 3.05) is 6.61 Å². The van der Waals surface area contributed by atoms with E-state index in [-0.39, 0.29) is 4.90 Å². The van der Waals surface area contributed by atoms with Gasteiger partial charge in [0.15, 0.2) is 6.23 Å². The Labute approximate surface area is 195 Å². The summed E-state index contributed by atoms with van der Waals surface area (Å²) in [5.74, 6) is -1.50. The number of amides is 1. The first-order valence-electron chi connectivity index (χ1n) is 9.60. The molecule has 2 saturated heterocycles. The fraction of sp³-hybridized carbons (Fsp3) is 0.714. The standard InChI is InChI=1S/C14H24N4O15P2/c15-11(23)8-7(21)10(22)14(32-8,34(25,26)27)18(12(24)4-1-16-3-17-4)13-9(33-35(28,29)30)6(20)5(2-19)31-13/h1,3,5-11,13,19-23H,2,15H2,(H,16,17)(H2,25,26,27)(H2,28,29,30)/t5-,6-,7-,8+,9-,10-,11?,13?,14?/m1/s1. The van der Waals surface area contributed by atoms with Crippen LogP contribution in [0.2, 0.25) is 0 Å². The normalized spacial score (nSPS) is 36.9. The Morgan fingerprint density at radius 1 is 1.26 bits per heavy atom. The van der Waals surface area contributed by atoms with Crippen LogP contribution in [0.4, 0.5) is 0 Å². The molecular formula is C14H24N4O15P2. The van der Waals surface area contributed by atoms with Gasteiger partial charge in [-0.05, 0) is 0 Å². The SMILES string of the molecule is NC(O)[C@H]1OC(N(C(=O)c2cnc[nH]2)C2O[C@H](CO)[C@@H](O)[C@H]2OP(=O)(O)O)(P(=O)(O)O)[C@H](O)[C@@H]1O. The van der Waals surface area contributed by atoms with Crippen molar-refractivity contribution in [3.8, 4) is 0 Å². The average Bonchev–Trinajstić information content (AvgIpc) is 3.43. The van der Waals surface area contributed by atoms with Crippen molar-refractivity contribution in [1.29, 1.82) is 0 Å². The van der Waals surface area contributed by atoms with Crippen molar-refractivity contribution in [3.05, 3.63) is 18.2 Å². The van der Waals surface area contributed by atoms with Gasteiger partial charge in [-0.1, -0.05) is 0 Å². The molecule has 35 heavy (non-hydrogen) atoms. The quantitative estimate of drug-likeness (QED) is 0.106. The van der Waals surface area contributed by atoms with E-state index in [0.717, 1.165) is 12.5 Å². The molecule has 9 atom stereocenters. The Morgan fingerprint density at radius 2 is 1.89 bits per heavy atom. The third-order valence-electron chi connectivity index (χ3n) is 5.41. The van der Waals surface area contributed by atoms with Crippen molar-refractivity contribution < 1.29 is 73.0 Å². The number of nitrogens with one attached hydrogen (secondary N) is 1. The Kier molecular flexibility index (Phi) is 7.91. The van der Waals surface area contributed by atoms with E-state index in [9.17, 15) is 59.0 Å². The fourth-order valence-electron chi connectivity index (χ4n) is 3.89. The van der Waals surface area contributed by atoms with E-state index in [1.807, 2.05) is 0 Å². The van der Waals surface area contributed by atoms with Gasteiger partial charge in [0.2, 0.25) is 0 Å². The summed E-state index contributed by atoms with van der Waals surface area (Å²) in [6.07, 6.45) is -16.0. The minimum atomic E-state index is -6.01. The second-order valence-corrected chi connectivity index (χ2v) is 10.6. The molecule has 3 unspecified atom stereocenters. The summed E-state index contributed by atoms with van der Waals surface area (Å²) >= 11 is 0. The molecule has 0 bridgehead atoms. The Balaban J connectivity index is 2.27. The number of phosphoric ester groups is 1. The molecule has 1 amide bonds. The lowest BCUT2D eigenvalue weighted by molar-refractivity contribution is -0.197. The molecule has 0 saturated carbocycles.